The van der Waals surface area contributed by atoms with Gasteiger partial charge in [0.15, 0.2) is 5.75 Å². The van der Waals surface area contributed by atoms with Crippen LogP contribution in [0.15, 0.2) is 78.9 Å². The third-order valence-corrected chi connectivity index (χ3v) is 4.91. The summed E-state index contributed by atoms with van der Waals surface area (Å²) in [7, 11) is 0. The van der Waals surface area contributed by atoms with E-state index in [4.69, 9.17) is 4.84 Å². The highest BCUT2D eigenvalue weighted by molar-refractivity contribution is 5.95. The fourth-order valence-electron chi connectivity index (χ4n) is 3.65. The number of fused-ring (bicyclic) bond motifs is 4. The molecular formula is C22H17NO. The zero-order chi connectivity index (χ0) is 16.1. The monoisotopic (exact) mass is 311 g/mol. The summed E-state index contributed by atoms with van der Waals surface area (Å²) in [5, 5.41) is 6.86. The van der Waals surface area contributed by atoms with Crippen molar-refractivity contribution in [3.05, 3.63) is 84.4 Å². The second-order valence-electron chi connectivity index (χ2n) is 6.30. The van der Waals surface area contributed by atoms with Crippen molar-refractivity contribution in [3.8, 4) is 5.75 Å². The number of benzene rings is 4. The van der Waals surface area contributed by atoms with Gasteiger partial charge in [0.25, 0.3) is 0 Å². The number of anilines is 1. The molecule has 0 bridgehead atoms. The van der Waals surface area contributed by atoms with Gasteiger partial charge in [-0.25, -0.2) is 5.06 Å². The summed E-state index contributed by atoms with van der Waals surface area (Å²) in [5.74, 6) is 0.980. The molecule has 116 valence electrons. The molecule has 0 saturated carbocycles. The molecule has 0 amide bonds. The normalized spacial score (nSPS) is 16.4. The van der Waals surface area contributed by atoms with Crippen LogP contribution in [-0.2, 0) is 0 Å². The predicted octanol–water partition coefficient (Wildman–Crippen LogP) is 5.87. The lowest BCUT2D eigenvalue weighted by Gasteiger charge is -2.23. The highest BCUT2D eigenvalue weighted by atomic mass is 16.7. The first-order valence-electron chi connectivity index (χ1n) is 8.29. The second kappa shape index (κ2) is 5.00. The van der Waals surface area contributed by atoms with E-state index in [9.17, 15) is 0 Å². The third kappa shape index (κ3) is 1.83. The third-order valence-electron chi connectivity index (χ3n) is 4.91. The Balaban J connectivity index is 1.70. The number of rotatable bonds is 1. The van der Waals surface area contributed by atoms with Crippen molar-refractivity contribution < 1.29 is 4.84 Å². The fraction of sp³-hybridized carbons (Fsp3) is 0.0909. The Kier molecular flexibility index (Phi) is 2.80. The van der Waals surface area contributed by atoms with Crippen LogP contribution >= 0.6 is 0 Å². The molecular weight excluding hydrogens is 294 g/mol. The molecule has 0 aliphatic carbocycles. The smallest absolute Gasteiger partial charge is 0.168 e. The molecule has 4 aromatic rings. The minimum atomic E-state index is 0.176. The zero-order valence-electron chi connectivity index (χ0n) is 13.4. The summed E-state index contributed by atoms with van der Waals surface area (Å²) in [5.41, 5.74) is 2.35. The van der Waals surface area contributed by atoms with Crippen LogP contribution < -0.4 is 9.90 Å². The van der Waals surface area contributed by atoms with Gasteiger partial charge in [0.05, 0.1) is 11.7 Å². The first kappa shape index (κ1) is 13.4. The average molecular weight is 311 g/mol. The lowest BCUT2D eigenvalue weighted by molar-refractivity contribution is 0.291. The zero-order valence-corrected chi connectivity index (χ0v) is 13.4. The molecule has 0 N–H and O–H groups in total. The van der Waals surface area contributed by atoms with Crippen LogP contribution in [0, 0.1) is 0 Å². The van der Waals surface area contributed by atoms with Gasteiger partial charge in [-0.3, -0.25) is 0 Å². The number of nitrogens with zero attached hydrogens (tertiary/aromatic N) is 1. The van der Waals surface area contributed by atoms with E-state index in [1.165, 1.54) is 27.1 Å². The van der Waals surface area contributed by atoms with Crippen molar-refractivity contribution in [1.29, 1.82) is 0 Å². The van der Waals surface area contributed by atoms with Crippen LogP contribution in [0.4, 0.5) is 5.69 Å². The molecule has 0 radical (unpaired) electrons. The van der Waals surface area contributed by atoms with Gasteiger partial charge >= 0.3 is 0 Å². The van der Waals surface area contributed by atoms with Gasteiger partial charge in [0.1, 0.15) is 0 Å². The van der Waals surface area contributed by atoms with Crippen LogP contribution in [0.5, 0.6) is 5.75 Å². The van der Waals surface area contributed by atoms with Crippen LogP contribution in [0.3, 0.4) is 0 Å². The Morgan fingerprint density at radius 3 is 2.21 bits per heavy atom. The molecule has 1 aliphatic heterocycles. The first-order chi connectivity index (χ1) is 11.8. The van der Waals surface area contributed by atoms with Crippen LogP contribution in [0.2, 0.25) is 0 Å². The maximum Gasteiger partial charge on any atom is 0.168 e. The molecule has 0 aromatic heterocycles. The SMILES string of the molecule is CC1c2ccc3ccccc3c2ON1c1cccc2ccccc12. The quantitative estimate of drug-likeness (QED) is 0.436. The van der Waals surface area contributed by atoms with Gasteiger partial charge in [-0.1, -0.05) is 72.8 Å². The van der Waals surface area contributed by atoms with E-state index in [0.29, 0.717) is 0 Å². The van der Waals surface area contributed by atoms with Crippen LogP contribution in [0.1, 0.15) is 18.5 Å². The van der Waals surface area contributed by atoms with Crippen LogP contribution in [-0.4, -0.2) is 0 Å². The summed E-state index contributed by atoms with van der Waals surface area (Å²) in [4.78, 5) is 6.36. The van der Waals surface area contributed by atoms with E-state index in [0.717, 1.165) is 11.4 Å². The highest BCUT2D eigenvalue weighted by Gasteiger charge is 2.31. The van der Waals surface area contributed by atoms with E-state index >= 15 is 0 Å². The van der Waals surface area contributed by atoms with Crippen molar-refractivity contribution in [3.63, 3.8) is 0 Å². The van der Waals surface area contributed by atoms with E-state index in [1.54, 1.807) is 0 Å². The molecule has 0 saturated heterocycles. The molecule has 1 unspecified atom stereocenters. The van der Waals surface area contributed by atoms with Crippen molar-refractivity contribution >= 4 is 27.2 Å². The minimum Gasteiger partial charge on any atom is -0.378 e. The molecule has 1 heterocycles. The molecule has 2 nitrogen and oxygen atoms in total. The van der Waals surface area contributed by atoms with Gasteiger partial charge in [-0.05, 0) is 23.8 Å². The first-order valence-corrected chi connectivity index (χ1v) is 8.29. The van der Waals surface area contributed by atoms with Gasteiger partial charge in [0.2, 0.25) is 0 Å². The second-order valence-corrected chi connectivity index (χ2v) is 6.30. The average Bonchev–Trinajstić information content (AvgIpc) is 2.98. The lowest BCUT2D eigenvalue weighted by atomic mass is 10.0. The summed E-state index contributed by atoms with van der Waals surface area (Å²) >= 11 is 0. The van der Waals surface area contributed by atoms with Crippen LogP contribution in [0.25, 0.3) is 21.5 Å². The Bertz CT molecular complexity index is 1060. The molecule has 0 spiro atoms. The van der Waals surface area contributed by atoms with Crippen molar-refractivity contribution in [2.24, 2.45) is 0 Å². The molecule has 2 heteroatoms. The molecule has 1 atom stereocenters. The highest BCUT2D eigenvalue weighted by Crippen LogP contribution is 2.45. The van der Waals surface area contributed by atoms with Gasteiger partial charge in [-0.2, -0.15) is 0 Å². The topological polar surface area (TPSA) is 12.5 Å². The number of hydrogen-bond acceptors (Lipinski definition) is 2. The Morgan fingerprint density at radius 2 is 1.38 bits per heavy atom. The summed E-state index contributed by atoms with van der Waals surface area (Å²) in [6.07, 6.45) is 0. The molecule has 1 aliphatic rings. The van der Waals surface area contributed by atoms with Gasteiger partial charge < -0.3 is 4.84 Å². The minimum absolute atomic E-state index is 0.176. The number of hydrogen-bond donors (Lipinski definition) is 0. The Hall–Kier alpha value is -3.00. The predicted molar refractivity (Wildman–Crippen MR) is 99.4 cm³/mol. The van der Waals surface area contributed by atoms with E-state index in [-0.39, 0.29) is 6.04 Å². The molecule has 4 aromatic carbocycles. The maximum absolute atomic E-state index is 6.36. The summed E-state index contributed by atoms with van der Waals surface area (Å²) < 4.78 is 0. The number of hydroxylamine groups is 1. The van der Waals surface area contributed by atoms with Crippen molar-refractivity contribution in [2.75, 3.05) is 5.06 Å². The van der Waals surface area contributed by atoms with Gasteiger partial charge in [-0.15, -0.1) is 0 Å². The van der Waals surface area contributed by atoms with E-state index in [1.807, 2.05) is 5.06 Å². The fourth-order valence-corrected chi connectivity index (χ4v) is 3.65. The molecule has 24 heavy (non-hydrogen) atoms. The van der Waals surface area contributed by atoms with Crippen molar-refractivity contribution in [2.45, 2.75) is 13.0 Å². The largest absolute Gasteiger partial charge is 0.378 e. The van der Waals surface area contributed by atoms with Crippen molar-refractivity contribution in [1.82, 2.24) is 0 Å². The summed E-state index contributed by atoms with van der Waals surface area (Å²) in [6, 6.07) is 27.7. The molecule has 0 fully saturated rings. The van der Waals surface area contributed by atoms with E-state index < -0.39 is 0 Å². The molecule has 5 rings (SSSR count). The Labute approximate surface area is 140 Å². The van der Waals surface area contributed by atoms with E-state index in [2.05, 4.69) is 85.8 Å². The summed E-state index contributed by atoms with van der Waals surface area (Å²) in [6.45, 7) is 2.20. The van der Waals surface area contributed by atoms with Gasteiger partial charge in [0, 0.05) is 16.3 Å². The maximum atomic E-state index is 6.36. The lowest BCUT2D eigenvalue weighted by Crippen LogP contribution is -2.24. The Morgan fingerprint density at radius 1 is 0.708 bits per heavy atom. The standard InChI is InChI=1S/C22H17NO/c1-15-18-14-13-17-8-3-5-11-20(17)22(18)24-23(15)21-12-6-9-16-7-2-4-10-19(16)21/h2-15H,1H3.